The highest BCUT2D eigenvalue weighted by Crippen LogP contribution is 2.46. The molecule has 17 heteroatoms. The number of rotatable bonds is 4. The number of halogens is 6. The molecular formula is C23H19F6N3O6S2. The van der Waals surface area contributed by atoms with Crippen LogP contribution in [0.25, 0.3) is 11.0 Å². The van der Waals surface area contributed by atoms with Crippen molar-refractivity contribution in [1.82, 2.24) is 13.9 Å². The molecule has 2 aromatic carbocycles. The number of imidazole rings is 1. The van der Waals surface area contributed by atoms with Crippen LogP contribution in [-0.4, -0.2) is 60.2 Å². The number of likely N-dealkylation sites (tertiary alicyclic amines) is 1. The Kier molecular flexibility index (Phi) is 6.41. The Labute approximate surface area is 223 Å². The fourth-order valence-electron chi connectivity index (χ4n) is 5.43. The van der Waals surface area contributed by atoms with Crippen molar-refractivity contribution < 1.29 is 52.2 Å². The second kappa shape index (κ2) is 9.09. The van der Waals surface area contributed by atoms with Gasteiger partial charge in [-0.25, -0.2) is 8.96 Å². The van der Waals surface area contributed by atoms with Crippen molar-refractivity contribution in [3.63, 3.8) is 0 Å². The highest BCUT2D eigenvalue weighted by molar-refractivity contribution is 7.91. The molecule has 0 radical (unpaired) electrons. The average molecular weight is 612 g/mol. The van der Waals surface area contributed by atoms with Crippen LogP contribution in [0.4, 0.5) is 26.3 Å². The third-order valence-corrected chi connectivity index (χ3v) is 9.55. The van der Waals surface area contributed by atoms with Gasteiger partial charge in [-0.1, -0.05) is 6.07 Å². The van der Waals surface area contributed by atoms with Gasteiger partial charge < -0.3 is 9.08 Å². The molecule has 216 valence electrons. The smallest absolute Gasteiger partial charge is 0.376 e. The maximum absolute atomic E-state index is 13.5. The molecule has 0 saturated carbocycles. The number of alkyl halides is 6. The Morgan fingerprint density at radius 2 is 1.73 bits per heavy atom. The fraction of sp³-hybridized carbons (Fsp3) is 0.391. The minimum absolute atomic E-state index is 0.0114. The summed E-state index contributed by atoms with van der Waals surface area (Å²) in [6.45, 7) is 1.76. The Balaban J connectivity index is 1.44. The highest BCUT2D eigenvalue weighted by Gasteiger charge is 2.50. The predicted octanol–water partition coefficient (Wildman–Crippen LogP) is 4.22. The summed E-state index contributed by atoms with van der Waals surface area (Å²) in [5.74, 6) is -1.29. The molecule has 0 spiro atoms. The molecule has 1 aliphatic heterocycles. The van der Waals surface area contributed by atoms with E-state index in [0.717, 1.165) is 17.7 Å². The van der Waals surface area contributed by atoms with Crippen molar-refractivity contribution in [3.05, 3.63) is 58.9 Å². The van der Waals surface area contributed by atoms with E-state index in [4.69, 9.17) is 0 Å². The van der Waals surface area contributed by atoms with Gasteiger partial charge in [-0.3, -0.25) is 4.79 Å². The Morgan fingerprint density at radius 1 is 1.02 bits per heavy atom. The summed E-state index contributed by atoms with van der Waals surface area (Å²) >= 11 is 0. The number of benzene rings is 2. The standard InChI is InChI=1S/C23H19F6N3O6S2/c1-12-19(38-40(36,37)23(27,28)29)7-5-13-10-18-15(20(12)13)3-2-8-31(18)21(33)14-4-6-17-16(9-14)30-11-32(17)39(34,35)22(24,25)26/h4-7,9,11,15,18H,2-3,8,10H2,1H3/t15?,18-/m0/s1. The third kappa shape index (κ3) is 4.38. The molecule has 3 aromatic rings. The van der Waals surface area contributed by atoms with Crippen LogP contribution in [0, 0.1) is 6.92 Å². The summed E-state index contributed by atoms with van der Waals surface area (Å²) in [6.07, 6.45) is 1.92. The van der Waals surface area contributed by atoms with E-state index in [1.807, 2.05) is 0 Å². The molecule has 2 aliphatic rings. The molecule has 2 atom stereocenters. The topological polar surface area (TPSA) is 116 Å². The summed E-state index contributed by atoms with van der Waals surface area (Å²) < 4.78 is 129. The van der Waals surface area contributed by atoms with Crippen LogP contribution in [-0.2, 0) is 26.6 Å². The van der Waals surface area contributed by atoms with Crippen LogP contribution in [0.2, 0.25) is 0 Å². The van der Waals surface area contributed by atoms with E-state index in [-0.39, 0.29) is 32.1 Å². The van der Waals surface area contributed by atoms with Gasteiger partial charge in [-0.15, -0.1) is 0 Å². The zero-order valence-corrected chi connectivity index (χ0v) is 22.0. The minimum Gasteiger partial charge on any atom is -0.376 e. The molecule has 1 saturated heterocycles. The van der Waals surface area contributed by atoms with Crippen LogP contribution >= 0.6 is 0 Å². The monoisotopic (exact) mass is 611 g/mol. The lowest BCUT2D eigenvalue weighted by Crippen LogP contribution is -2.46. The number of aromatic nitrogens is 2. The predicted molar refractivity (Wildman–Crippen MR) is 127 cm³/mol. The van der Waals surface area contributed by atoms with Crippen LogP contribution in [0.1, 0.15) is 45.8 Å². The van der Waals surface area contributed by atoms with Gasteiger partial charge in [0.1, 0.15) is 12.1 Å². The van der Waals surface area contributed by atoms with E-state index >= 15 is 0 Å². The molecule has 0 bridgehead atoms. The van der Waals surface area contributed by atoms with Crippen LogP contribution in [0.15, 0.2) is 36.7 Å². The molecule has 40 heavy (non-hydrogen) atoms. The lowest BCUT2D eigenvalue weighted by Gasteiger charge is -2.38. The molecule has 2 heterocycles. The van der Waals surface area contributed by atoms with E-state index < -0.39 is 48.9 Å². The normalized spacial score (nSPS) is 19.9. The third-order valence-electron chi connectivity index (χ3n) is 7.19. The molecule has 1 aromatic heterocycles. The first-order valence-electron chi connectivity index (χ1n) is 11.7. The molecule has 1 amide bonds. The van der Waals surface area contributed by atoms with Gasteiger partial charge in [0.25, 0.3) is 5.91 Å². The van der Waals surface area contributed by atoms with E-state index in [0.29, 0.717) is 37.7 Å². The molecule has 1 aliphatic carbocycles. The first kappa shape index (κ1) is 28.2. The molecule has 9 nitrogen and oxygen atoms in total. The quantitative estimate of drug-likeness (QED) is 0.247. The zero-order chi connectivity index (χ0) is 29.4. The Bertz CT molecular complexity index is 1750. The average Bonchev–Trinajstić information content (AvgIpc) is 3.45. The Morgan fingerprint density at radius 3 is 2.38 bits per heavy atom. The van der Waals surface area contributed by atoms with Crippen molar-refractivity contribution >= 4 is 37.1 Å². The first-order chi connectivity index (χ1) is 18.4. The van der Waals surface area contributed by atoms with E-state index in [9.17, 15) is 48.0 Å². The number of piperidine rings is 1. The van der Waals surface area contributed by atoms with E-state index in [1.54, 1.807) is 4.90 Å². The largest absolute Gasteiger partial charge is 0.534 e. The van der Waals surface area contributed by atoms with Gasteiger partial charge in [0.15, 0.2) is 0 Å². The van der Waals surface area contributed by atoms with Crippen molar-refractivity contribution in [2.24, 2.45) is 0 Å². The molecular weight excluding hydrogens is 592 g/mol. The molecule has 0 N–H and O–H groups in total. The van der Waals surface area contributed by atoms with Gasteiger partial charge in [0.2, 0.25) is 0 Å². The van der Waals surface area contributed by atoms with Crippen LogP contribution < -0.4 is 4.18 Å². The zero-order valence-electron chi connectivity index (χ0n) is 20.3. The molecule has 1 fully saturated rings. The van der Waals surface area contributed by atoms with Gasteiger partial charge in [-0.05, 0) is 67.1 Å². The second-order valence-electron chi connectivity index (χ2n) is 9.46. The summed E-state index contributed by atoms with van der Waals surface area (Å²) in [7, 11) is -11.6. The fourth-order valence-corrected chi connectivity index (χ4v) is 6.75. The maximum atomic E-state index is 13.5. The van der Waals surface area contributed by atoms with Crippen molar-refractivity contribution in [2.75, 3.05) is 6.54 Å². The lowest BCUT2D eigenvalue weighted by atomic mass is 9.86. The number of amides is 1. The SMILES string of the molecule is Cc1c(OS(=O)(=O)C(F)(F)F)ccc2c1C1CCCN(C(=O)c3ccc4c(c3)ncn4S(=O)(=O)C(F)(F)F)[C@H]1C2. The first-order valence-corrected chi connectivity index (χ1v) is 14.5. The van der Waals surface area contributed by atoms with E-state index in [1.165, 1.54) is 25.1 Å². The van der Waals surface area contributed by atoms with Gasteiger partial charge in [-0.2, -0.15) is 43.2 Å². The lowest BCUT2D eigenvalue weighted by molar-refractivity contribution is -0.0500. The van der Waals surface area contributed by atoms with Crippen molar-refractivity contribution in [3.8, 4) is 5.75 Å². The number of carbonyl (C=O) groups is 1. The number of hydrogen-bond acceptors (Lipinski definition) is 7. The number of carbonyl (C=O) groups excluding carboxylic acids is 1. The van der Waals surface area contributed by atoms with E-state index in [2.05, 4.69) is 9.17 Å². The highest BCUT2D eigenvalue weighted by atomic mass is 32.2. The van der Waals surface area contributed by atoms with Crippen LogP contribution in [0.3, 0.4) is 0 Å². The van der Waals surface area contributed by atoms with Gasteiger partial charge >= 0.3 is 31.2 Å². The molecule has 5 rings (SSSR count). The van der Waals surface area contributed by atoms with Crippen molar-refractivity contribution in [1.29, 1.82) is 0 Å². The molecule has 1 unspecified atom stereocenters. The summed E-state index contributed by atoms with van der Waals surface area (Å²) in [5, 5.41) is 0. The van der Waals surface area contributed by atoms with Gasteiger partial charge in [0.05, 0.1) is 11.0 Å². The number of hydrogen-bond donors (Lipinski definition) is 0. The maximum Gasteiger partial charge on any atom is 0.534 e. The van der Waals surface area contributed by atoms with Crippen LogP contribution in [0.5, 0.6) is 5.75 Å². The minimum atomic E-state index is -5.89. The summed E-state index contributed by atoms with van der Waals surface area (Å²) in [6, 6.07) is 5.61. The summed E-state index contributed by atoms with van der Waals surface area (Å²) in [5.41, 5.74) is -10.1. The second-order valence-corrected chi connectivity index (χ2v) is 12.8. The number of fused-ring (bicyclic) bond motifs is 4. The van der Waals surface area contributed by atoms with Crippen molar-refractivity contribution in [2.45, 2.75) is 49.2 Å². The number of nitrogens with zero attached hydrogens (tertiary/aromatic N) is 3. The van der Waals surface area contributed by atoms with Gasteiger partial charge in [0, 0.05) is 24.1 Å². The Hall–Kier alpha value is -3.34. The summed E-state index contributed by atoms with van der Waals surface area (Å²) in [4.78, 5) is 18.8.